The van der Waals surface area contributed by atoms with Crippen molar-refractivity contribution >= 4 is 11.8 Å². The van der Waals surface area contributed by atoms with Crippen LogP contribution in [0.2, 0.25) is 0 Å². The second-order valence-corrected chi connectivity index (χ2v) is 8.47. The van der Waals surface area contributed by atoms with Gasteiger partial charge in [-0.15, -0.1) is 0 Å². The van der Waals surface area contributed by atoms with Crippen molar-refractivity contribution < 1.29 is 18.7 Å². The highest BCUT2D eigenvalue weighted by Gasteiger charge is 2.26. The maximum absolute atomic E-state index is 13.2. The molecule has 0 radical (unpaired) electrons. The van der Waals surface area contributed by atoms with E-state index in [1.165, 1.54) is 0 Å². The number of furan rings is 1. The first-order chi connectivity index (χ1) is 14.0. The Bertz CT molecular complexity index is 594. The average Bonchev–Trinajstić information content (AvgIpc) is 3.37. The van der Waals surface area contributed by atoms with Crippen LogP contribution in [0.3, 0.4) is 0 Å². The molecule has 1 aromatic rings. The largest absolute Gasteiger partial charge is 0.467 e. The van der Waals surface area contributed by atoms with Gasteiger partial charge < -0.3 is 19.0 Å². The number of carbonyl (C=O) groups excluding carboxylic acids is 2. The lowest BCUT2D eigenvalue weighted by Crippen LogP contribution is -2.46. The molecule has 2 heterocycles. The number of nitrogens with zero attached hydrogens (tertiary/aromatic N) is 2. The lowest BCUT2D eigenvalue weighted by atomic mass is 10.1. The van der Waals surface area contributed by atoms with Gasteiger partial charge in [0.05, 0.1) is 25.5 Å². The maximum Gasteiger partial charge on any atom is 0.242 e. The zero-order chi connectivity index (χ0) is 21.1. The Hall–Kier alpha value is -1.82. The van der Waals surface area contributed by atoms with Crippen molar-refractivity contribution in [3.63, 3.8) is 0 Å². The van der Waals surface area contributed by atoms with Crippen LogP contribution in [0.5, 0.6) is 0 Å². The molecule has 1 atom stereocenters. The fraction of sp³-hybridized carbons (Fsp3) is 0.739. The fourth-order valence-electron chi connectivity index (χ4n) is 3.70. The van der Waals surface area contributed by atoms with Gasteiger partial charge in [0.15, 0.2) is 0 Å². The normalized spacial score (nSPS) is 16.3. The van der Waals surface area contributed by atoms with Gasteiger partial charge in [-0.1, -0.05) is 40.0 Å². The van der Waals surface area contributed by atoms with Crippen LogP contribution in [0.4, 0.5) is 0 Å². The maximum atomic E-state index is 13.2. The summed E-state index contributed by atoms with van der Waals surface area (Å²) < 4.78 is 11.2. The van der Waals surface area contributed by atoms with E-state index in [9.17, 15) is 9.59 Å². The molecule has 1 saturated heterocycles. The Morgan fingerprint density at radius 3 is 2.62 bits per heavy atom. The van der Waals surface area contributed by atoms with E-state index in [0.717, 1.165) is 50.9 Å². The quantitative estimate of drug-likeness (QED) is 0.460. The summed E-state index contributed by atoms with van der Waals surface area (Å²) in [4.78, 5) is 29.5. The molecular formula is C23H38N2O4. The van der Waals surface area contributed by atoms with Crippen molar-refractivity contribution in [2.24, 2.45) is 5.92 Å². The summed E-state index contributed by atoms with van der Waals surface area (Å²) in [6.45, 7) is 8.75. The molecule has 6 nitrogen and oxygen atoms in total. The summed E-state index contributed by atoms with van der Waals surface area (Å²) in [6.07, 6.45) is 8.45. The van der Waals surface area contributed by atoms with Crippen LogP contribution < -0.4 is 0 Å². The number of hydrogen-bond acceptors (Lipinski definition) is 4. The summed E-state index contributed by atoms with van der Waals surface area (Å²) in [6, 6.07) is 3.70. The number of hydrogen-bond donors (Lipinski definition) is 0. The summed E-state index contributed by atoms with van der Waals surface area (Å²) in [5, 5.41) is 0. The van der Waals surface area contributed by atoms with E-state index in [4.69, 9.17) is 9.15 Å². The van der Waals surface area contributed by atoms with Gasteiger partial charge in [-0.3, -0.25) is 9.59 Å². The first-order valence-corrected chi connectivity index (χ1v) is 11.2. The van der Waals surface area contributed by atoms with Gasteiger partial charge in [-0.2, -0.15) is 0 Å². The van der Waals surface area contributed by atoms with Crippen LogP contribution >= 0.6 is 0 Å². The van der Waals surface area contributed by atoms with E-state index >= 15 is 0 Å². The summed E-state index contributed by atoms with van der Waals surface area (Å²) in [5.74, 6) is 1.11. The predicted molar refractivity (Wildman–Crippen MR) is 113 cm³/mol. The topological polar surface area (TPSA) is 63.0 Å². The Morgan fingerprint density at radius 2 is 2.00 bits per heavy atom. The molecule has 29 heavy (non-hydrogen) atoms. The molecule has 2 rings (SSSR count). The zero-order valence-corrected chi connectivity index (χ0v) is 18.4. The van der Waals surface area contributed by atoms with Crippen molar-refractivity contribution in [1.29, 1.82) is 0 Å². The average molecular weight is 407 g/mol. The number of amides is 2. The molecular weight excluding hydrogens is 368 g/mol. The number of rotatable bonds is 13. The molecule has 1 fully saturated rings. The minimum Gasteiger partial charge on any atom is -0.467 e. The molecule has 0 spiro atoms. The highest BCUT2D eigenvalue weighted by Crippen LogP contribution is 2.16. The predicted octanol–water partition coefficient (Wildman–Crippen LogP) is 4.24. The van der Waals surface area contributed by atoms with Crippen LogP contribution in [0, 0.1) is 5.92 Å². The van der Waals surface area contributed by atoms with Crippen molar-refractivity contribution in [2.45, 2.75) is 78.4 Å². The third kappa shape index (κ3) is 8.60. The Balaban J connectivity index is 1.99. The second-order valence-electron chi connectivity index (χ2n) is 8.47. The Morgan fingerprint density at radius 1 is 1.17 bits per heavy atom. The lowest BCUT2D eigenvalue weighted by Gasteiger charge is -2.29. The monoisotopic (exact) mass is 406 g/mol. The van der Waals surface area contributed by atoms with Crippen molar-refractivity contribution in [3.8, 4) is 0 Å². The summed E-state index contributed by atoms with van der Waals surface area (Å²) in [7, 11) is 0. The smallest absolute Gasteiger partial charge is 0.242 e. The van der Waals surface area contributed by atoms with E-state index in [-0.39, 0.29) is 24.5 Å². The molecule has 1 aliphatic heterocycles. The van der Waals surface area contributed by atoms with Gasteiger partial charge in [-0.25, -0.2) is 0 Å². The van der Waals surface area contributed by atoms with Crippen LogP contribution in [0.1, 0.15) is 71.5 Å². The highest BCUT2D eigenvalue weighted by atomic mass is 16.5. The molecule has 1 aliphatic rings. The minimum absolute atomic E-state index is 0.0422. The van der Waals surface area contributed by atoms with Crippen LogP contribution in [0.25, 0.3) is 0 Å². The molecule has 0 saturated carbocycles. The summed E-state index contributed by atoms with van der Waals surface area (Å²) >= 11 is 0. The van der Waals surface area contributed by atoms with Crippen molar-refractivity contribution in [3.05, 3.63) is 24.2 Å². The Kier molecular flexibility index (Phi) is 10.3. The third-order valence-corrected chi connectivity index (χ3v) is 5.24. The van der Waals surface area contributed by atoms with Crippen molar-refractivity contribution in [1.82, 2.24) is 9.80 Å². The molecule has 0 aliphatic carbocycles. The lowest BCUT2D eigenvalue weighted by molar-refractivity contribution is -0.142. The van der Waals surface area contributed by atoms with E-state index in [1.54, 1.807) is 16.1 Å². The van der Waals surface area contributed by atoms with Gasteiger partial charge in [-0.05, 0) is 37.3 Å². The van der Waals surface area contributed by atoms with E-state index in [1.807, 2.05) is 12.1 Å². The van der Waals surface area contributed by atoms with E-state index in [2.05, 4.69) is 20.8 Å². The highest BCUT2D eigenvalue weighted by molar-refractivity contribution is 5.84. The molecule has 0 bridgehead atoms. The van der Waals surface area contributed by atoms with Gasteiger partial charge in [0, 0.05) is 26.1 Å². The van der Waals surface area contributed by atoms with Gasteiger partial charge in [0.25, 0.3) is 0 Å². The summed E-state index contributed by atoms with van der Waals surface area (Å²) in [5.41, 5.74) is 0. The molecule has 0 unspecified atom stereocenters. The SMILES string of the molecule is CCCCCCC(=O)N(CC(=O)N(Cc1ccco1)C[C@H]1CCCO1)CC(C)C. The van der Waals surface area contributed by atoms with Crippen LogP contribution in [-0.4, -0.2) is 54.0 Å². The zero-order valence-electron chi connectivity index (χ0n) is 18.4. The fourth-order valence-corrected chi connectivity index (χ4v) is 3.70. The molecule has 0 aromatic carbocycles. The first-order valence-electron chi connectivity index (χ1n) is 11.2. The standard InChI is InChI=1S/C23H38N2O4/c1-4-5-6-7-12-22(26)24(15-19(2)3)18-23(27)25(16-20-10-8-13-28-20)17-21-11-9-14-29-21/h8,10,13,19,21H,4-7,9,11-12,14-18H2,1-3H3/t21-/m1/s1. The number of carbonyl (C=O) groups is 2. The molecule has 0 N–H and O–H groups in total. The molecule has 6 heteroatoms. The van der Waals surface area contributed by atoms with Gasteiger partial charge >= 0.3 is 0 Å². The van der Waals surface area contributed by atoms with Crippen molar-refractivity contribution in [2.75, 3.05) is 26.2 Å². The Labute approximate surface area is 175 Å². The second kappa shape index (κ2) is 12.7. The van der Waals surface area contributed by atoms with Gasteiger partial charge in [0.2, 0.25) is 11.8 Å². The minimum atomic E-state index is -0.0422. The number of ether oxygens (including phenoxy) is 1. The van der Waals surface area contributed by atoms with Crippen LogP contribution in [-0.2, 0) is 20.9 Å². The van der Waals surface area contributed by atoms with E-state index < -0.39 is 0 Å². The van der Waals surface area contributed by atoms with E-state index in [0.29, 0.717) is 32.0 Å². The first kappa shape index (κ1) is 23.5. The molecule has 164 valence electrons. The third-order valence-electron chi connectivity index (χ3n) is 5.24. The van der Waals surface area contributed by atoms with Gasteiger partial charge in [0.1, 0.15) is 5.76 Å². The van der Waals surface area contributed by atoms with Crippen LogP contribution in [0.15, 0.2) is 22.8 Å². The molecule has 1 aromatic heterocycles. The molecule has 2 amide bonds. The number of unbranched alkanes of at least 4 members (excludes halogenated alkanes) is 3.